The van der Waals surface area contributed by atoms with Crippen LogP contribution in [0.15, 0.2) is 24.3 Å². The van der Waals surface area contributed by atoms with Gasteiger partial charge < -0.3 is 10.1 Å². The number of nitrogens with one attached hydrogen (secondary N) is 1. The van der Waals surface area contributed by atoms with E-state index in [4.69, 9.17) is 16.3 Å². The molecular formula is C17H21ClN4O2. The van der Waals surface area contributed by atoms with Gasteiger partial charge in [0.05, 0.1) is 5.69 Å². The maximum absolute atomic E-state index is 12.1. The molecule has 0 bridgehead atoms. The summed E-state index contributed by atoms with van der Waals surface area (Å²) in [6.07, 6.45) is 3.37. The number of hydrogen-bond donors (Lipinski definition) is 1. The molecule has 2 aromatic rings. The molecule has 3 rings (SSSR count). The average Bonchev–Trinajstić information content (AvgIpc) is 3.32. The molecule has 0 spiro atoms. The van der Waals surface area contributed by atoms with Gasteiger partial charge in [0.15, 0.2) is 0 Å². The molecule has 0 aliphatic heterocycles. The number of ether oxygens (including phenoxy) is 1. The number of carbonyl (C=O) groups excluding carboxylic acids is 1. The lowest BCUT2D eigenvalue weighted by molar-refractivity contribution is 0.0927. The second-order valence-electron chi connectivity index (χ2n) is 6.00. The Morgan fingerprint density at radius 1 is 1.38 bits per heavy atom. The predicted molar refractivity (Wildman–Crippen MR) is 91.6 cm³/mol. The SMILES string of the molecule is Cc1nc(C(=O)NCCCOCC2CC2)nn1-c1ccc(Cl)cc1. The van der Waals surface area contributed by atoms with Crippen molar-refractivity contribution < 1.29 is 9.53 Å². The number of amides is 1. The summed E-state index contributed by atoms with van der Waals surface area (Å²) in [5.74, 6) is 1.31. The molecular weight excluding hydrogens is 328 g/mol. The molecule has 7 heteroatoms. The zero-order chi connectivity index (χ0) is 16.9. The maximum Gasteiger partial charge on any atom is 0.290 e. The summed E-state index contributed by atoms with van der Waals surface area (Å²) in [4.78, 5) is 16.4. The molecule has 1 aromatic heterocycles. The predicted octanol–water partition coefficient (Wildman–Crippen LogP) is 2.78. The Bertz CT molecular complexity index is 695. The van der Waals surface area contributed by atoms with E-state index in [0.717, 1.165) is 24.6 Å². The first-order valence-electron chi connectivity index (χ1n) is 8.19. The maximum atomic E-state index is 12.1. The third-order valence-corrected chi connectivity index (χ3v) is 4.10. The van der Waals surface area contributed by atoms with Crippen LogP contribution in [0, 0.1) is 12.8 Å². The third kappa shape index (κ3) is 4.55. The molecule has 0 radical (unpaired) electrons. The van der Waals surface area contributed by atoms with Gasteiger partial charge in [-0.2, -0.15) is 0 Å². The van der Waals surface area contributed by atoms with Crippen LogP contribution in [0.1, 0.15) is 35.7 Å². The van der Waals surface area contributed by atoms with E-state index in [-0.39, 0.29) is 11.7 Å². The van der Waals surface area contributed by atoms with Gasteiger partial charge in [0.1, 0.15) is 5.82 Å². The van der Waals surface area contributed by atoms with Crippen molar-refractivity contribution >= 4 is 17.5 Å². The van der Waals surface area contributed by atoms with E-state index >= 15 is 0 Å². The molecule has 0 saturated heterocycles. The van der Waals surface area contributed by atoms with Gasteiger partial charge in [-0.3, -0.25) is 4.79 Å². The normalized spacial score (nSPS) is 13.9. The number of aromatic nitrogens is 3. The Labute approximate surface area is 146 Å². The highest BCUT2D eigenvalue weighted by Crippen LogP contribution is 2.28. The van der Waals surface area contributed by atoms with E-state index in [9.17, 15) is 4.79 Å². The van der Waals surface area contributed by atoms with Crippen LogP contribution in [0.25, 0.3) is 5.69 Å². The van der Waals surface area contributed by atoms with E-state index in [1.807, 2.05) is 19.1 Å². The van der Waals surface area contributed by atoms with Gasteiger partial charge in [0, 0.05) is 24.8 Å². The highest BCUT2D eigenvalue weighted by Gasteiger charge is 2.21. The molecule has 1 saturated carbocycles. The molecule has 24 heavy (non-hydrogen) atoms. The number of rotatable bonds is 8. The Hall–Kier alpha value is -1.92. The molecule has 128 valence electrons. The van der Waals surface area contributed by atoms with Crippen LogP contribution in [-0.2, 0) is 4.74 Å². The lowest BCUT2D eigenvalue weighted by Gasteiger charge is -2.04. The molecule has 1 N–H and O–H groups in total. The number of hydrogen-bond acceptors (Lipinski definition) is 4. The first-order chi connectivity index (χ1) is 11.6. The Morgan fingerprint density at radius 3 is 2.83 bits per heavy atom. The minimum absolute atomic E-state index is 0.168. The first-order valence-corrected chi connectivity index (χ1v) is 8.57. The van der Waals surface area contributed by atoms with Crippen molar-refractivity contribution in [3.63, 3.8) is 0 Å². The summed E-state index contributed by atoms with van der Waals surface area (Å²) in [7, 11) is 0. The highest BCUT2D eigenvalue weighted by molar-refractivity contribution is 6.30. The van der Waals surface area contributed by atoms with Crippen molar-refractivity contribution in [2.24, 2.45) is 5.92 Å². The summed E-state index contributed by atoms with van der Waals surface area (Å²) >= 11 is 5.89. The molecule has 0 atom stereocenters. The summed E-state index contributed by atoms with van der Waals surface area (Å²) in [6.45, 7) is 3.88. The van der Waals surface area contributed by atoms with Gasteiger partial charge in [0.2, 0.25) is 5.82 Å². The van der Waals surface area contributed by atoms with Crippen LogP contribution in [-0.4, -0.2) is 40.4 Å². The molecule has 1 fully saturated rings. The van der Waals surface area contributed by atoms with Gasteiger partial charge in [0.25, 0.3) is 5.91 Å². The van der Waals surface area contributed by atoms with E-state index in [0.29, 0.717) is 24.0 Å². The van der Waals surface area contributed by atoms with Gasteiger partial charge in [-0.25, -0.2) is 9.67 Å². The van der Waals surface area contributed by atoms with Crippen LogP contribution in [0.5, 0.6) is 0 Å². The Balaban J connectivity index is 1.49. The average molecular weight is 349 g/mol. The van der Waals surface area contributed by atoms with Crippen molar-refractivity contribution in [2.75, 3.05) is 19.8 Å². The van der Waals surface area contributed by atoms with Crippen molar-refractivity contribution in [2.45, 2.75) is 26.2 Å². The van der Waals surface area contributed by atoms with Crippen LogP contribution >= 0.6 is 11.6 Å². The molecule has 1 heterocycles. The van der Waals surface area contributed by atoms with Crippen molar-refractivity contribution in [3.05, 3.63) is 40.9 Å². The first kappa shape index (κ1) is 16.9. The van der Waals surface area contributed by atoms with Gasteiger partial charge >= 0.3 is 0 Å². The van der Waals surface area contributed by atoms with Crippen LogP contribution in [0.2, 0.25) is 5.02 Å². The van der Waals surface area contributed by atoms with Crippen molar-refractivity contribution in [3.8, 4) is 5.69 Å². The van der Waals surface area contributed by atoms with Gasteiger partial charge in [-0.15, -0.1) is 5.10 Å². The topological polar surface area (TPSA) is 69.0 Å². The molecule has 1 aliphatic rings. The molecule has 6 nitrogen and oxygen atoms in total. The molecule has 0 unspecified atom stereocenters. The molecule has 1 aromatic carbocycles. The second kappa shape index (κ2) is 7.77. The number of aryl methyl sites for hydroxylation is 1. The zero-order valence-electron chi connectivity index (χ0n) is 13.7. The Kier molecular flexibility index (Phi) is 5.48. The summed E-state index contributed by atoms with van der Waals surface area (Å²) in [5.41, 5.74) is 0.817. The third-order valence-electron chi connectivity index (χ3n) is 3.84. The van der Waals surface area contributed by atoms with E-state index in [1.54, 1.807) is 16.8 Å². The van der Waals surface area contributed by atoms with E-state index in [1.165, 1.54) is 12.8 Å². The van der Waals surface area contributed by atoms with Gasteiger partial charge in [-0.05, 0) is 56.4 Å². The van der Waals surface area contributed by atoms with E-state index < -0.39 is 0 Å². The van der Waals surface area contributed by atoms with Crippen LogP contribution in [0.4, 0.5) is 0 Å². The van der Waals surface area contributed by atoms with Crippen molar-refractivity contribution in [1.82, 2.24) is 20.1 Å². The number of halogens is 1. The van der Waals surface area contributed by atoms with Crippen molar-refractivity contribution in [1.29, 1.82) is 0 Å². The lowest BCUT2D eigenvalue weighted by atomic mass is 10.3. The number of carbonyl (C=O) groups is 1. The molecule has 1 amide bonds. The standard InChI is InChI=1S/C17H21ClN4O2/c1-12-20-16(21-22(12)15-7-5-14(18)6-8-15)17(23)19-9-2-10-24-11-13-3-4-13/h5-8,13H,2-4,9-11H2,1H3,(H,19,23). The highest BCUT2D eigenvalue weighted by atomic mass is 35.5. The molecule has 1 aliphatic carbocycles. The smallest absolute Gasteiger partial charge is 0.290 e. The fourth-order valence-electron chi connectivity index (χ4n) is 2.30. The Morgan fingerprint density at radius 2 is 2.12 bits per heavy atom. The van der Waals surface area contributed by atoms with Crippen LogP contribution < -0.4 is 5.32 Å². The van der Waals surface area contributed by atoms with Gasteiger partial charge in [-0.1, -0.05) is 11.6 Å². The minimum atomic E-state index is -0.270. The number of benzene rings is 1. The summed E-state index contributed by atoms with van der Waals surface area (Å²) in [5, 5.41) is 7.75. The van der Waals surface area contributed by atoms with Crippen LogP contribution in [0.3, 0.4) is 0 Å². The van der Waals surface area contributed by atoms with E-state index in [2.05, 4.69) is 15.4 Å². The minimum Gasteiger partial charge on any atom is -0.381 e. The largest absolute Gasteiger partial charge is 0.381 e. The second-order valence-corrected chi connectivity index (χ2v) is 6.44. The quantitative estimate of drug-likeness (QED) is 0.745. The monoisotopic (exact) mass is 348 g/mol. The summed E-state index contributed by atoms with van der Waals surface area (Å²) in [6, 6.07) is 7.23. The number of nitrogens with zero attached hydrogens (tertiary/aromatic N) is 3. The fourth-order valence-corrected chi connectivity index (χ4v) is 2.43. The fraction of sp³-hybridized carbons (Fsp3) is 0.471. The lowest BCUT2D eigenvalue weighted by Crippen LogP contribution is -2.26. The zero-order valence-corrected chi connectivity index (χ0v) is 14.4. The summed E-state index contributed by atoms with van der Waals surface area (Å²) < 4.78 is 7.17.